The molecule has 0 bridgehead atoms. The fraction of sp³-hybridized carbons (Fsp3) is 0.473. The first-order valence-corrected chi connectivity index (χ1v) is 26.4. The molecular formula is C55H72N16O6. The Morgan fingerprint density at radius 3 is 1.64 bits per heavy atom. The molecule has 4 aliphatic heterocycles. The molecule has 0 aliphatic carbocycles. The number of nitrogens with one attached hydrogen (secondary N) is 5. The van der Waals surface area contributed by atoms with Gasteiger partial charge >= 0.3 is 18.2 Å². The van der Waals surface area contributed by atoms with Crippen LogP contribution in [0.3, 0.4) is 0 Å². The van der Waals surface area contributed by atoms with E-state index in [0.717, 1.165) is 75.7 Å². The maximum Gasteiger partial charge on any atom is 0.410 e. The number of amides is 5. The number of urea groups is 2. The average molecular weight is 1050 g/mol. The molecule has 4 aromatic heterocycles. The lowest BCUT2D eigenvalue weighted by Crippen LogP contribution is -2.58. The van der Waals surface area contributed by atoms with Crippen molar-refractivity contribution in [2.75, 3.05) is 49.9 Å². The first-order chi connectivity index (χ1) is 36.9. The van der Waals surface area contributed by atoms with Crippen LogP contribution in [0.1, 0.15) is 95.6 Å². The molecule has 6 aromatic rings. The lowest BCUT2D eigenvalue weighted by atomic mass is 9.96. The molecular weight excluding hydrogens is 981 g/mol. The third kappa shape index (κ3) is 14.2. The first-order valence-electron chi connectivity index (χ1n) is 26.4. The van der Waals surface area contributed by atoms with Crippen molar-refractivity contribution in [3.05, 3.63) is 108 Å². The van der Waals surface area contributed by atoms with Crippen LogP contribution in [0.4, 0.5) is 37.7 Å². The zero-order valence-electron chi connectivity index (χ0n) is 45.5. The second kappa shape index (κ2) is 23.7. The highest BCUT2D eigenvalue weighted by atomic mass is 16.6. The third-order valence-corrected chi connectivity index (χ3v) is 13.3. The van der Waals surface area contributed by atoms with Gasteiger partial charge in [-0.05, 0) is 114 Å². The number of nitrogens with zero attached hydrogens (tertiary/aromatic N) is 11. The highest BCUT2D eigenvalue weighted by Gasteiger charge is 2.36. The number of likely N-dealkylation sites (tertiary alicyclic amines) is 2. The summed E-state index contributed by atoms with van der Waals surface area (Å²) in [6, 6.07) is 15.6. The zero-order chi connectivity index (χ0) is 54.4. The van der Waals surface area contributed by atoms with E-state index in [1.165, 1.54) is 0 Å². The average Bonchev–Trinajstić information content (AvgIpc) is 3.85. The van der Waals surface area contributed by atoms with Gasteiger partial charge in [0.25, 0.3) is 0 Å². The molecule has 2 aromatic carbocycles. The largest absolute Gasteiger partial charge is 0.444 e. The van der Waals surface area contributed by atoms with E-state index in [-0.39, 0.29) is 54.7 Å². The van der Waals surface area contributed by atoms with Crippen molar-refractivity contribution < 1.29 is 28.6 Å². The van der Waals surface area contributed by atoms with Gasteiger partial charge in [0.05, 0.1) is 97.8 Å². The summed E-state index contributed by atoms with van der Waals surface area (Å²) < 4.78 is 20.7. The van der Waals surface area contributed by atoms with Gasteiger partial charge in [0.2, 0.25) is 11.9 Å². The summed E-state index contributed by atoms with van der Waals surface area (Å²) in [5.74, 6) is 0.966. The number of aromatic nitrogens is 8. The Labute approximate surface area is 449 Å². The van der Waals surface area contributed by atoms with Crippen LogP contribution >= 0.6 is 0 Å². The normalized spacial score (nSPS) is 17.7. The Morgan fingerprint density at radius 1 is 0.662 bits per heavy atom. The summed E-state index contributed by atoms with van der Waals surface area (Å²) in [6.07, 6.45) is 12.1. The van der Waals surface area contributed by atoms with Gasteiger partial charge in [-0.3, -0.25) is 9.36 Å². The van der Waals surface area contributed by atoms with Crippen LogP contribution in [0.2, 0.25) is 0 Å². The lowest BCUT2D eigenvalue weighted by molar-refractivity contribution is -0.0645. The number of fused-ring (bicyclic) bond motifs is 2. The number of carbonyl (C=O) groups excluding carboxylic acids is 3. The van der Waals surface area contributed by atoms with Crippen molar-refractivity contribution in [3.63, 3.8) is 0 Å². The maximum atomic E-state index is 13.2. The van der Waals surface area contributed by atoms with Gasteiger partial charge in [0.1, 0.15) is 5.60 Å². The van der Waals surface area contributed by atoms with E-state index in [2.05, 4.69) is 69.9 Å². The molecule has 77 heavy (non-hydrogen) atoms. The van der Waals surface area contributed by atoms with Gasteiger partial charge in [-0.1, -0.05) is 24.3 Å². The molecule has 408 valence electrons. The van der Waals surface area contributed by atoms with Crippen LogP contribution in [0.15, 0.2) is 85.7 Å². The van der Waals surface area contributed by atoms with Crippen LogP contribution < -0.4 is 26.6 Å². The molecule has 4 aliphatic rings. The van der Waals surface area contributed by atoms with Crippen molar-refractivity contribution in [1.82, 2.24) is 70.1 Å². The monoisotopic (exact) mass is 1050 g/mol. The molecule has 0 saturated carbocycles. The Morgan fingerprint density at radius 2 is 1.16 bits per heavy atom. The molecule has 2 saturated heterocycles. The summed E-state index contributed by atoms with van der Waals surface area (Å²) in [7, 11) is 3.71. The van der Waals surface area contributed by atoms with E-state index in [0.29, 0.717) is 57.6 Å². The number of benzene rings is 2. The van der Waals surface area contributed by atoms with Crippen LogP contribution in [0.25, 0.3) is 22.5 Å². The third-order valence-electron chi connectivity index (χ3n) is 13.3. The number of rotatable bonds is 12. The van der Waals surface area contributed by atoms with Gasteiger partial charge < -0.3 is 55.5 Å². The van der Waals surface area contributed by atoms with E-state index in [9.17, 15) is 14.4 Å². The Balaban J connectivity index is 0.000000191. The van der Waals surface area contributed by atoms with E-state index in [4.69, 9.17) is 19.2 Å². The Hall–Kier alpha value is -7.69. The molecule has 0 radical (unpaired) electrons. The first kappa shape index (κ1) is 54.1. The van der Waals surface area contributed by atoms with E-state index < -0.39 is 5.60 Å². The van der Waals surface area contributed by atoms with Gasteiger partial charge in [0, 0.05) is 69.6 Å². The molecule has 10 rings (SSSR count). The number of ether oxygens (including phenoxy) is 3. The van der Waals surface area contributed by atoms with Crippen LogP contribution in [0.5, 0.6) is 0 Å². The second-order valence-corrected chi connectivity index (χ2v) is 21.5. The van der Waals surface area contributed by atoms with Crippen molar-refractivity contribution in [2.45, 2.75) is 116 Å². The smallest absolute Gasteiger partial charge is 0.410 e. The highest BCUT2D eigenvalue weighted by Crippen LogP contribution is 2.33. The molecule has 5 amide bonds. The number of anilines is 4. The number of aryl methyl sites for hydroxylation is 2. The molecule has 2 atom stereocenters. The molecule has 2 fully saturated rings. The van der Waals surface area contributed by atoms with E-state index in [1.807, 2.05) is 110 Å². The number of hydrogen-bond donors (Lipinski definition) is 5. The summed E-state index contributed by atoms with van der Waals surface area (Å²) in [6.45, 7) is 18.4. The predicted molar refractivity (Wildman–Crippen MR) is 291 cm³/mol. The van der Waals surface area contributed by atoms with Gasteiger partial charge in [0.15, 0.2) is 0 Å². The Bertz CT molecular complexity index is 3010. The summed E-state index contributed by atoms with van der Waals surface area (Å²) in [5.41, 5.74) is 8.63. The van der Waals surface area contributed by atoms with Crippen molar-refractivity contribution in [1.29, 1.82) is 0 Å². The quantitative estimate of drug-likeness (QED) is 0.0794. The SMILES string of the molecule is CC(C)OC1CN(C(=O)NC2CCN(C(=O)OC(C)(C)C)Cc3cc(-c4ccnc(Nc5cnn(C)c5)n4)ccc32)C1.CC(C)OC1CN(C(=O)NC2CCNCc3cc(-c4ccnc(Nc5cnn(C)c5)n4)ccc32)C1. The summed E-state index contributed by atoms with van der Waals surface area (Å²) >= 11 is 0. The van der Waals surface area contributed by atoms with Crippen LogP contribution in [-0.4, -0.2) is 142 Å². The topological polar surface area (TPSA) is 236 Å². The predicted octanol–water partition coefficient (Wildman–Crippen LogP) is 7.60. The van der Waals surface area contributed by atoms with Gasteiger partial charge in [-0.15, -0.1) is 0 Å². The van der Waals surface area contributed by atoms with E-state index in [1.54, 1.807) is 44.0 Å². The van der Waals surface area contributed by atoms with Crippen molar-refractivity contribution >= 4 is 41.4 Å². The summed E-state index contributed by atoms with van der Waals surface area (Å²) in [4.78, 5) is 62.5. The molecule has 22 heteroatoms. The molecule has 2 unspecified atom stereocenters. The number of hydrogen-bond acceptors (Lipinski definition) is 15. The number of carbonyl (C=O) groups is 3. The summed E-state index contributed by atoms with van der Waals surface area (Å²) in [5, 5.41) is 24.6. The molecule has 5 N–H and O–H groups in total. The lowest BCUT2D eigenvalue weighted by Gasteiger charge is -2.40. The zero-order valence-corrected chi connectivity index (χ0v) is 45.5. The molecule has 8 heterocycles. The van der Waals surface area contributed by atoms with Gasteiger partial charge in [-0.25, -0.2) is 34.3 Å². The van der Waals surface area contributed by atoms with Crippen LogP contribution in [0, 0.1) is 0 Å². The Kier molecular flexibility index (Phi) is 16.6. The second-order valence-electron chi connectivity index (χ2n) is 21.5. The van der Waals surface area contributed by atoms with Crippen LogP contribution in [-0.2, 0) is 41.4 Å². The fourth-order valence-electron chi connectivity index (χ4n) is 9.65. The minimum absolute atomic E-state index is 0.0301. The van der Waals surface area contributed by atoms with Crippen molar-refractivity contribution in [3.8, 4) is 22.5 Å². The molecule has 0 spiro atoms. The minimum Gasteiger partial charge on any atom is -0.444 e. The van der Waals surface area contributed by atoms with E-state index >= 15 is 0 Å². The highest BCUT2D eigenvalue weighted by molar-refractivity contribution is 5.77. The van der Waals surface area contributed by atoms with Gasteiger partial charge in [-0.2, -0.15) is 10.2 Å². The van der Waals surface area contributed by atoms with Crippen molar-refractivity contribution in [2.24, 2.45) is 14.1 Å². The molecule has 22 nitrogen and oxygen atoms in total. The minimum atomic E-state index is -0.619. The fourth-order valence-corrected chi connectivity index (χ4v) is 9.65. The standard InChI is InChI=1S/C30H40N8O4.C25H32N8O2/c1-19(2)41-23-17-38(18-23)28(39)35-26-10-12-37(29(40)42-30(3,4)5)15-21-13-20(7-8-24(21)26)25-9-11-31-27(34-25)33-22-14-32-36(6)16-22;1-16(2)35-20-14-33(15-20)25(34)31-23-6-8-26-11-18-10-17(4-5-21(18)23)22-7-9-27-24(30-22)29-19-12-28-32(3)13-19/h7-9,11,13-14,16,19,23,26H,10,12,15,17-18H2,1-6H3,(H,35,39)(H,31,33,34);4-5,7,9-10,12-13,16,20,23,26H,6,8,11,14-15H2,1-3H3,(H,31,34)(H,27,29,30). The maximum absolute atomic E-state index is 13.2.